The molecule has 0 saturated carbocycles. The Morgan fingerprint density at radius 1 is 0.838 bits per heavy atom. The van der Waals surface area contributed by atoms with Crippen LogP contribution in [0.4, 0.5) is 0 Å². The molecule has 0 radical (unpaired) electrons. The zero-order chi connectivity index (χ0) is 51.2. The van der Waals surface area contributed by atoms with E-state index in [9.17, 15) is 45.0 Å². The fourth-order valence-corrected chi connectivity index (χ4v) is 10.1. The highest BCUT2D eigenvalue weighted by Gasteiger charge is 2.52. The van der Waals surface area contributed by atoms with Gasteiger partial charge in [-0.15, -0.1) is 0 Å². The Bertz CT molecular complexity index is 1570. The summed E-state index contributed by atoms with van der Waals surface area (Å²) < 4.78 is 18.3. The zero-order valence-corrected chi connectivity index (χ0v) is 44.2. The number of carbonyl (C=O) groups is 3. The number of ether oxygens (including phenoxy) is 3. The van der Waals surface area contributed by atoms with Crippen LogP contribution in [0.2, 0.25) is 0 Å². The summed E-state index contributed by atoms with van der Waals surface area (Å²) in [5.41, 5.74) is -0.700. The van der Waals surface area contributed by atoms with E-state index in [0.29, 0.717) is 44.1 Å². The molecule has 6 N–H and O–H groups in total. The molecule has 13 unspecified atom stereocenters. The predicted octanol–water partition coefficient (Wildman–Crippen LogP) is 10.1. The van der Waals surface area contributed by atoms with Crippen LogP contribution in [0.1, 0.15) is 217 Å². The lowest BCUT2D eigenvalue weighted by molar-refractivity contribution is -0.164. The third-order valence-corrected chi connectivity index (χ3v) is 15.0. The minimum atomic E-state index is -1.29. The highest BCUT2D eigenvalue weighted by Crippen LogP contribution is 2.41. The molecule has 0 aromatic rings. The Morgan fingerprint density at radius 2 is 1.38 bits per heavy atom. The van der Waals surface area contributed by atoms with Gasteiger partial charge in [0.25, 0.3) is 0 Å². The Labute approximate surface area is 411 Å². The van der Waals surface area contributed by atoms with E-state index in [0.717, 1.165) is 24.8 Å². The molecular weight excluding hydrogens is 865 g/mol. The number of esters is 2. The van der Waals surface area contributed by atoms with E-state index in [4.69, 9.17) is 14.2 Å². The van der Waals surface area contributed by atoms with Crippen molar-refractivity contribution in [3.05, 3.63) is 35.5 Å². The maximum Gasteiger partial charge on any atom is 0.331 e. The van der Waals surface area contributed by atoms with Crippen molar-refractivity contribution in [3.63, 3.8) is 0 Å². The van der Waals surface area contributed by atoms with Crippen molar-refractivity contribution < 1.29 is 59.2 Å². The fraction of sp³-hybridized carbons (Fsp3) is 0.839. The lowest BCUT2D eigenvalue weighted by atomic mass is 9.75. The van der Waals surface area contributed by atoms with Gasteiger partial charge in [0.05, 0.1) is 36.6 Å². The van der Waals surface area contributed by atoms with Crippen molar-refractivity contribution in [2.45, 2.75) is 277 Å². The van der Waals surface area contributed by atoms with Crippen molar-refractivity contribution >= 4 is 17.7 Å². The number of fused-ring (bicyclic) bond motifs is 2. The number of ketones is 1. The van der Waals surface area contributed by atoms with Gasteiger partial charge in [-0.2, -0.15) is 0 Å². The molecule has 12 nitrogen and oxygen atoms in total. The van der Waals surface area contributed by atoms with Crippen molar-refractivity contribution in [2.24, 2.45) is 23.2 Å². The van der Waals surface area contributed by atoms with Crippen molar-refractivity contribution in [2.75, 3.05) is 0 Å². The molecule has 68 heavy (non-hydrogen) atoms. The summed E-state index contributed by atoms with van der Waals surface area (Å²) in [6, 6.07) is 0. The van der Waals surface area contributed by atoms with Crippen LogP contribution in [0, 0.1) is 23.2 Å². The maximum atomic E-state index is 13.1. The average molecular weight is 963 g/mol. The van der Waals surface area contributed by atoms with Gasteiger partial charge < -0.3 is 44.8 Å². The van der Waals surface area contributed by atoms with Gasteiger partial charge in [-0.05, 0) is 83.6 Å². The van der Waals surface area contributed by atoms with Gasteiger partial charge in [0, 0.05) is 49.5 Å². The average Bonchev–Trinajstić information content (AvgIpc) is 3.55. The lowest BCUT2D eigenvalue weighted by Gasteiger charge is -2.38. The Balaban J connectivity index is 1.98. The number of rotatable bonds is 30. The molecule has 2 heterocycles. The van der Waals surface area contributed by atoms with E-state index in [2.05, 4.69) is 27.4 Å². The van der Waals surface area contributed by atoms with E-state index < -0.39 is 77.7 Å². The number of aliphatic hydroxyl groups is 6. The zero-order valence-electron chi connectivity index (χ0n) is 44.2. The third kappa shape index (κ3) is 22.3. The molecule has 2 aliphatic heterocycles. The Morgan fingerprint density at radius 3 is 1.96 bits per heavy atom. The SMILES string of the molecule is C=C(CC(CC(O)C(C)C(O)CC(O)C(C)(C)C(O)CC(C)=CC(O)C1(C)OC2CC(C)CC(O)CC(C)CC(C)=CC(=O)OC1C2)OC(=O)CCCCCCCCCCCCCCC)C(C)=O. The van der Waals surface area contributed by atoms with E-state index >= 15 is 0 Å². The summed E-state index contributed by atoms with van der Waals surface area (Å²) in [6.45, 7) is 22.0. The van der Waals surface area contributed by atoms with Crippen LogP contribution in [0.15, 0.2) is 35.5 Å². The molecule has 394 valence electrons. The minimum absolute atomic E-state index is 0.0372. The predicted molar refractivity (Wildman–Crippen MR) is 270 cm³/mol. The summed E-state index contributed by atoms with van der Waals surface area (Å²) in [5.74, 6) is -1.59. The second kappa shape index (κ2) is 31.1. The number of unbranched alkanes of at least 4 members (excludes halogenated alkanes) is 12. The number of allylic oxidation sites excluding steroid dienone is 1. The largest absolute Gasteiger partial charge is 0.462 e. The number of hydrogen-bond acceptors (Lipinski definition) is 12. The first-order chi connectivity index (χ1) is 31.9. The number of aliphatic hydroxyl groups excluding tert-OH is 6. The second-order valence-electron chi connectivity index (χ2n) is 22.3. The second-order valence-corrected chi connectivity index (χ2v) is 22.3. The lowest BCUT2D eigenvalue weighted by Crippen LogP contribution is -2.48. The van der Waals surface area contributed by atoms with Gasteiger partial charge in [-0.25, -0.2) is 4.79 Å². The number of Topliss-reactive ketones (excluding diaryl/α,β-unsaturated/α-hetero) is 1. The monoisotopic (exact) mass is 963 g/mol. The molecule has 13 atom stereocenters. The molecular formula is C56H98O12. The van der Waals surface area contributed by atoms with Crippen molar-refractivity contribution in [1.82, 2.24) is 0 Å². The normalized spacial score (nSPS) is 26.4. The van der Waals surface area contributed by atoms with Gasteiger partial charge in [-0.3, -0.25) is 9.59 Å². The van der Waals surface area contributed by atoms with Crippen molar-refractivity contribution in [3.8, 4) is 0 Å². The fourth-order valence-electron chi connectivity index (χ4n) is 10.1. The highest BCUT2D eigenvalue weighted by molar-refractivity contribution is 5.92. The molecule has 0 aliphatic carbocycles. The quantitative estimate of drug-likeness (QED) is 0.0173. The number of hydrogen-bond donors (Lipinski definition) is 6. The van der Waals surface area contributed by atoms with Crippen LogP contribution in [-0.2, 0) is 28.6 Å². The molecule has 2 aliphatic rings. The van der Waals surface area contributed by atoms with Crippen molar-refractivity contribution in [1.29, 1.82) is 0 Å². The van der Waals surface area contributed by atoms with Crippen LogP contribution in [-0.4, -0.2) is 109 Å². The smallest absolute Gasteiger partial charge is 0.331 e. The molecule has 0 aromatic heterocycles. The van der Waals surface area contributed by atoms with Gasteiger partial charge in [-0.1, -0.05) is 142 Å². The first-order valence-electron chi connectivity index (χ1n) is 26.6. The van der Waals surface area contributed by atoms with E-state index in [-0.39, 0.29) is 61.4 Å². The molecule has 2 bridgehead atoms. The van der Waals surface area contributed by atoms with Gasteiger partial charge >= 0.3 is 11.9 Å². The summed E-state index contributed by atoms with van der Waals surface area (Å²) >= 11 is 0. The Kier molecular flexibility index (Phi) is 28.2. The van der Waals surface area contributed by atoms with E-state index in [1.807, 2.05) is 6.92 Å². The van der Waals surface area contributed by atoms with Gasteiger partial charge in [0.1, 0.15) is 23.9 Å². The van der Waals surface area contributed by atoms with E-state index in [1.54, 1.807) is 40.7 Å². The van der Waals surface area contributed by atoms with Crippen LogP contribution in [0.25, 0.3) is 0 Å². The van der Waals surface area contributed by atoms with Crippen LogP contribution in [0.3, 0.4) is 0 Å². The molecule has 2 rings (SSSR count). The molecule has 1 fully saturated rings. The maximum absolute atomic E-state index is 13.1. The van der Waals surface area contributed by atoms with E-state index in [1.165, 1.54) is 70.8 Å². The van der Waals surface area contributed by atoms with Crippen LogP contribution in [0.5, 0.6) is 0 Å². The minimum Gasteiger partial charge on any atom is -0.462 e. The van der Waals surface area contributed by atoms with Crippen LogP contribution < -0.4 is 0 Å². The van der Waals surface area contributed by atoms with Gasteiger partial charge in [0.2, 0.25) is 0 Å². The standard InChI is InChI=1S/C56H98O12/c1-12-13-14-15-16-17-18-19-20-21-22-23-24-25-53(64)66-45(33-41(6)43(8)57)34-47(59)42(7)48(60)36-50(62)55(9,10)49(61)30-40(5)31-51(63)56(11)52-35-46(68-56)29-39(4)28-44(58)27-37(2)26-38(3)32-54(65)67-52/h31-32,37,39,42,44-52,58-63H,6,12-30,33-36H2,1-5,7-11H3. The van der Waals surface area contributed by atoms with Gasteiger partial charge in [0.15, 0.2) is 5.78 Å². The van der Waals surface area contributed by atoms with Crippen LogP contribution >= 0.6 is 0 Å². The third-order valence-electron chi connectivity index (χ3n) is 15.0. The molecule has 0 amide bonds. The summed E-state index contributed by atoms with van der Waals surface area (Å²) in [6.07, 6.45) is 13.4. The summed E-state index contributed by atoms with van der Waals surface area (Å²) in [4.78, 5) is 38.1. The molecule has 0 aromatic carbocycles. The summed E-state index contributed by atoms with van der Waals surface area (Å²) in [7, 11) is 0. The molecule has 12 heteroatoms. The molecule has 1 saturated heterocycles. The highest BCUT2D eigenvalue weighted by atomic mass is 16.6. The number of carbonyl (C=O) groups excluding carboxylic acids is 3. The molecule has 0 spiro atoms. The first-order valence-corrected chi connectivity index (χ1v) is 26.6. The Hall–Kier alpha value is -2.45. The summed E-state index contributed by atoms with van der Waals surface area (Å²) in [5, 5.41) is 68.1. The topological polar surface area (TPSA) is 200 Å². The first kappa shape index (κ1) is 61.7.